The van der Waals surface area contributed by atoms with E-state index in [-0.39, 0.29) is 54.6 Å². The molecular weight excluding hydrogens is 386 g/mol. The van der Waals surface area contributed by atoms with Crippen LogP contribution in [0.1, 0.15) is 32.1 Å². The van der Waals surface area contributed by atoms with E-state index in [1.807, 2.05) is 4.72 Å². The average Bonchev–Trinajstić information content (AvgIpc) is 2.55. The van der Waals surface area contributed by atoms with Crippen LogP contribution in [0, 0.1) is 5.92 Å². The zero-order chi connectivity index (χ0) is 18.9. The lowest BCUT2D eigenvalue weighted by atomic mass is 9.85. The summed E-state index contributed by atoms with van der Waals surface area (Å²) in [5.41, 5.74) is 0.385. The highest BCUT2D eigenvalue weighted by Gasteiger charge is 2.35. The summed E-state index contributed by atoms with van der Waals surface area (Å²) >= 11 is 1.30. The number of carbonyl (C=O) groups is 2. The lowest BCUT2D eigenvalue weighted by Crippen LogP contribution is -2.34. The van der Waals surface area contributed by atoms with Gasteiger partial charge in [0.2, 0.25) is 17.7 Å². The van der Waals surface area contributed by atoms with Crippen molar-refractivity contribution >= 4 is 39.3 Å². The molecule has 0 radical (unpaired) electrons. The van der Waals surface area contributed by atoms with Crippen LogP contribution in [0.2, 0.25) is 0 Å². The van der Waals surface area contributed by atoms with Crippen LogP contribution in [-0.2, 0) is 19.6 Å². The second kappa shape index (κ2) is 7.15. The summed E-state index contributed by atoms with van der Waals surface area (Å²) in [6, 6.07) is 4.23. The largest absolute Gasteiger partial charge is 0.324 e. The Morgan fingerprint density at radius 3 is 2.69 bits per heavy atom. The van der Waals surface area contributed by atoms with E-state index in [0.29, 0.717) is 5.69 Å². The molecule has 6 nitrogen and oxygen atoms in total. The van der Waals surface area contributed by atoms with E-state index < -0.39 is 21.9 Å². The number of thioether (sulfide) groups is 1. The Labute approximate surface area is 154 Å². The lowest BCUT2D eigenvalue weighted by Gasteiger charge is -2.27. The van der Waals surface area contributed by atoms with E-state index in [9.17, 15) is 26.8 Å². The number of benzene rings is 1. The van der Waals surface area contributed by atoms with Crippen LogP contribution in [-0.4, -0.2) is 31.9 Å². The van der Waals surface area contributed by atoms with Crippen LogP contribution in [0.4, 0.5) is 14.5 Å². The zero-order valence-electron chi connectivity index (χ0n) is 13.8. The van der Waals surface area contributed by atoms with Crippen LogP contribution in [0.25, 0.3) is 0 Å². The monoisotopic (exact) mass is 404 g/mol. The molecule has 1 heterocycles. The molecule has 1 aliphatic carbocycles. The molecule has 0 aromatic heterocycles. The van der Waals surface area contributed by atoms with Gasteiger partial charge in [-0.2, -0.15) is 0 Å². The maximum Gasteiger partial charge on any atom is 0.264 e. The number of rotatable bonds is 4. The molecular formula is C16H18F2N2O4S2. The summed E-state index contributed by atoms with van der Waals surface area (Å²) in [7, 11) is -4.09. The predicted molar refractivity (Wildman–Crippen MR) is 92.6 cm³/mol. The van der Waals surface area contributed by atoms with Crippen molar-refractivity contribution in [1.82, 2.24) is 4.72 Å². The number of nitrogens with one attached hydrogen (secondary N) is 2. The van der Waals surface area contributed by atoms with E-state index in [1.54, 1.807) is 6.07 Å². The Kier molecular flexibility index (Phi) is 5.25. The molecule has 2 N–H and O–H groups in total. The van der Waals surface area contributed by atoms with Gasteiger partial charge >= 0.3 is 0 Å². The molecule has 26 heavy (non-hydrogen) atoms. The van der Waals surface area contributed by atoms with Crippen molar-refractivity contribution in [3.05, 3.63) is 18.2 Å². The molecule has 2 aliphatic rings. The molecule has 1 aromatic carbocycles. The van der Waals surface area contributed by atoms with Crippen LogP contribution in [0.15, 0.2) is 28.0 Å². The van der Waals surface area contributed by atoms with Crippen LogP contribution in [0.3, 0.4) is 0 Å². The van der Waals surface area contributed by atoms with Crippen LogP contribution >= 0.6 is 11.8 Å². The molecule has 2 amide bonds. The number of fused-ring (bicyclic) bond motifs is 1. The first-order valence-corrected chi connectivity index (χ1v) is 10.6. The number of halogens is 2. The molecule has 0 saturated heterocycles. The van der Waals surface area contributed by atoms with Crippen molar-refractivity contribution in [3.8, 4) is 0 Å². The first kappa shape index (κ1) is 19.1. The Morgan fingerprint density at radius 2 is 2.00 bits per heavy atom. The molecule has 3 rings (SSSR count). The summed E-state index contributed by atoms with van der Waals surface area (Å²) < 4.78 is 53.0. The van der Waals surface area contributed by atoms with E-state index in [4.69, 9.17) is 0 Å². The van der Waals surface area contributed by atoms with Crippen LogP contribution in [0.5, 0.6) is 0 Å². The summed E-state index contributed by atoms with van der Waals surface area (Å²) in [5.74, 6) is -3.61. The third-order valence-corrected chi connectivity index (χ3v) is 6.90. The first-order chi connectivity index (χ1) is 12.1. The molecule has 1 aliphatic heterocycles. The highest BCUT2D eigenvalue weighted by Crippen LogP contribution is 2.37. The minimum Gasteiger partial charge on any atom is -0.324 e. The van der Waals surface area contributed by atoms with E-state index in [1.165, 1.54) is 23.9 Å². The number of carbonyl (C=O) groups excluding carboxylic acids is 2. The number of alkyl halides is 2. The molecule has 0 unspecified atom stereocenters. The molecule has 0 bridgehead atoms. The normalized spacial score (nSPS) is 20.2. The molecule has 1 saturated carbocycles. The van der Waals surface area contributed by atoms with E-state index in [0.717, 1.165) is 4.90 Å². The Morgan fingerprint density at radius 1 is 1.31 bits per heavy atom. The van der Waals surface area contributed by atoms with Gasteiger partial charge in [0.15, 0.2) is 0 Å². The second-order valence-electron chi connectivity index (χ2n) is 6.53. The Bertz CT molecular complexity index is 833. The number of hydrogen-bond acceptors (Lipinski definition) is 5. The average molecular weight is 404 g/mol. The minimum absolute atomic E-state index is 0.104. The molecule has 0 atom stereocenters. The zero-order valence-corrected chi connectivity index (χ0v) is 15.4. The van der Waals surface area contributed by atoms with Crippen molar-refractivity contribution in [2.75, 3.05) is 11.1 Å². The summed E-state index contributed by atoms with van der Waals surface area (Å²) in [5, 5.41) is 2.59. The van der Waals surface area contributed by atoms with E-state index >= 15 is 0 Å². The molecule has 1 fully saturated rings. The second-order valence-corrected chi connectivity index (χ2v) is 9.23. The molecule has 142 valence electrons. The minimum atomic E-state index is -4.09. The van der Waals surface area contributed by atoms with Gasteiger partial charge in [-0.1, -0.05) is 0 Å². The fraction of sp³-hybridized carbons (Fsp3) is 0.500. The van der Waals surface area contributed by atoms with Gasteiger partial charge in [-0.3, -0.25) is 9.59 Å². The highest BCUT2D eigenvalue weighted by molar-refractivity contribution is 8.00. The summed E-state index contributed by atoms with van der Waals surface area (Å²) in [6.07, 6.45) is -0.266. The lowest BCUT2D eigenvalue weighted by molar-refractivity contribution is -0.121. The molecule has 1 aromatic rings. The maximum atomic E-state index is 13.1. The number of sulfonamides is 1. The summed E-state index contributed by atoms with van der Waals surface area (Å²) in [4.78, 5) is 24.1. The van der Waals surface area contributed by atoms with Gasteiger partial charge in [-0.05, 0) is 37.0 Å². The third kappa shape index (κ3) is 4.53. The van der Waals surface area contributed by atoms with Gasteiger partial charge in [0.25, 0.3) is 10.0 Å². The quantitative estimate of drug-likeness (QED) is 0.805. The van der Waals surface area contributed by atoms with Gasteiger partial charge in [0, 0.05) is 24.2 Å². The Hall–Kier alpha value is -1.68. The van der Waals surface area contributed by atoms with Gasteiger partial charge in [-0.25, -0.2) is 21.9 Å². The fourth-order valence-corrected chi connectivity index (χ4v) is 4.86. The highest BCUT2D eigenvalue weighted by atomic mass is 32.2. The van der Waals surface area contributed by atoms with Gasteiger partial charge < -0.3 is 5.32 Å². The number of hydrogen-bond donors (Lipinski definition) is 2. The topological polar surface area (TPSA) is 92.3 Å². The SMILES string of the molecule is O=C1CSc2ccc(S(=O)(=O)NC(=O)CC3CCC(F)(F)CC3)cc2N1. The van der Waals surface area contributed by atoms with Gasteiger partial charge in [0.05, 0.1) is 16.3 Å². The standard InChI is InChI=1S/C16H18F2N2O4S2/c17-16(18)5-3-10(4-6-16)7-14(21)20-26(23,24)11-1-2-13-12(8-11)19-15(22)9-25-13/h1-2,8,10H,3-7,9H2,(H,19,22)(H,20,21). The Balaban J connectivity index is 1.64. The first-order valence-electron chi connectivity index (χ1n) is 8.15. The van der Waals surface area contributed by atoms with Gasteiger partial charge in [0.1, 0.15) is 0 Å². The number of anilines is 1. The van der Waals surface area contributed by atoms with Crippen LogP contribution < -0.4 is 10.0 Å². The molecule has 0 spiro atoms. The van der Waals surface area contributed by atoms with E-state index in [2.05, 4.69) is 5.32 Å². The smallest absolute Gasteiger partial charge is 0.264 e. The van der Waals surface area contributed by atoms with Gasteiger partial charge in [-0.15, -0.1) is 11.8 Å². The van der Waals surface area contributed by atoms with Crippen molar-refractivity contribution in [2.45, 2.75) is 47.8 Å². The van der Waals surface area contributed by atoms with Crippen molar-refractivity contribution in [1.29, 1.82) is 0 Å². The third-order valence-electron chi connectivity index (χ3n) is 4.45. The number of amides is 2. The van der Waals surface area contributed by atoms with Crippen molar-refractivity contribution in [2.24, 2.45) is 5.92 Å². The molecule has 10 heteroatoms. The fourth-order valence-electron chi connectivity index (χ4n) is 3.05. The summed E-state index contributed by atoms with van der Waals surface area (Å²) in [6.45, 7) is 0. The van der Waals surface area contributed by atoms with Crippen molar-refractivity contribution in [3.63, 3.8) is 0 Å². The van der Waals surface area contributed by atoms with Crippen molar-refractivity contribution < 1.29 is 26.8 Å². The maximum absolute atomic E-state index is 13.1. The predicted octanol–water partition coefficient (Wildman–Crippen LogP) is 2.75.